The van der Waals surface area contributed by atoms with Crippen molar-refractivity contribution in [1.82, 2.24) is 9.97 Å². The summed E-state index contributed by atoms with van der Waals surface area (Å²) in [6.45, 7) is 4.88. The molecule has 0 radical (unpaired) electrons. The van der Waals surface area contributed by atoms with E-state index in [4.69, 9.17) is 9.47 Å². The second-order valence-corrected chi connectivity index (χ2v) is 5.73. The average molecular weight is 378 g/mol. The maximum absolute atomic E-state index is 12.5. The lowest BCUT2D eigenvalue weighted by atomic mass is 10.2. The summed E-state index contributed by atoms with van der Waals surface area (Å²) in [5, 5.41) is 5.92. The number of hydrogen-bond acceptors (Lipinski definition) is 6. The Hall–Kier alpha value is -3.61. The maximum Gasteiger partial charge on any atom is 0.258 e. The normalized spacial score (nSPS) is 10.2. The number of anilines is 3. The van der Waals surface area contributed by atoms with Crippen molar-refractivity contribution in [3.05, 3.63) is 66.5 Å². The zero-order valence-electron chi connectivity index (χ0n) is 15.8. The maximum atomic E-state index is 12.5. The van der Waals surface area contributed by atoms with E-state index in [9.17, 15) is 4.79 Å². The number of carbonyl (C=O) groups excluding carboxylic acids is 1. The molecule has 2 N–H and O–H groups in total. The van der Waals surface area contributed by atoms with Gasteiger partial charge in [-0.2, -0.15) is 0 Å². The second kappa shape index (κ2) is 9.36. The van der Waals surface area contributed by atoms with Gasteiger partial charge in [-0.1, -0.05) is 24.3 Å². The van der Waals surface area contributed by atoms with Crippen LogP contribution in [0.5, 0.6) is 11.5 Å². The highest BCUT2D eigenvalue weighted by Gasteiger charge is 2.11. The highest BCUT2D eigenvalue weighted by atomic mass is 16.5. The second-order valence-electron chi connectivity index (χ2n) is 5.73. The van der Waals surface area contributed by atoms with Gasteiger partial charge in [0.2, 0.25) is 5.95 Å². The Bertz CT molecular complexity index is 929. The van der Waals surface area contributed by atoms with Gasteiger partial charge >= 0.3 is 0 Å². The fraction of sp³-hybridized carbons (Fsp3) is 0.190. The first-order valence-electron chi connectivity index (χ1n) is 9.05. The number of ether oxygens (including phenoxy) is 2. The highest BCUT2D eigenvalue weighted by Crippen LogP contribution is 2.26. The molecule has 0 spiro atoms. The number of hydrogen-bond donors (Lipinski definition) is 2. The van der Waals surface area contributed by atoms with Gasteiger partial charge in [-0.3, -0.25) is 4.79 Å². The molecule has 0 saturated heterocycles. The third-order valence-corrected chi connectivity index (χ3v) is 3.78. The van der Waals surface area contributed by atoms with Crippen LogP contribution in [0, 0.1) is 0 Å². The van der Waals surface area contributed by atoms with Crippen LogP contribution in [0.15, 0.2) is 60.9 Å². The topological polar surface area (TPSA) is 85.4 Å². The van der Waals surface area contributed by atoms with Gasteiger partial charge in [0, 0.05) is 12.4 Å². The minimum Gasteiger partial charge on any atom is -0.492 e. The highest BCUT2D eigenvalue weighted by molar-refractivity contribution is 6.04. The number of nitrogens with one attached hydrogen (secondary N) is 2. The van der Waals surface area contributed by atoms with Crippen LogP contribution in [0.2, 0.25) is 0 Å². The summed E-state index contributed by atoms with van der Waals surface area (Å²) in [6.07, 6.45) is 2.94. The molecule has 0 atom stereocenters. The summed E-state index contributed by atoms with van der Waals surface area (Å²) in [4.78, 5) is 20.9. The smallest absolute Gasteiger partial charge is 0.258 e. The first-order chi connectivity index (χ1) is 13.7. The van der Waals surface area contributed by atoms with E-state index in [1.165, 1.54) is 12.4 Å². The first kappa shape index (κ1) is 19.2. The molecular weight excluding hydrogens is 356 g/mol. The van der Waals surface area contributed by atoms with E-state index in [1.807, 2.05) is 50.2 Å². The van der Waals surface area contributed by atoms with Gasteiger partial charge < -0.3 is 20.1 Å². The molecule has 3 aromatic rings. The van der Waals surface area contributed by atoms with Crippen LogP contribution in [-0.2, 0) is 0 Å². The summed E-state index contributed by atoms with van der Waals surface area (Å²) in [6, 6.07) is 14.8. The Balaban J connectivity index is 1.70. The molecule has 0 aliphatic carbocycles. The van der Waals surface area contributed by atoms with Crippen LogP contribution >= 0.6 is 0 Å². The standard InChI is InChI=1S/C21H22N4O3/c1-3-27-18-11-7-5-9-16(18)24-20(26)15-13-22-21(23-14-15)25-17-10-6-8-12-19(17)28-4-2/h5-14H,3-4H2,1-2H3,(H,24,26)(H,22,23,25). The summed E-state index contributed by atoms with van der Waals surface area (Å²) in [5.74, 6) is 1.39. The Morgan fingerprint density at radius 3 is 2.00 bits per heavy atom. The molecule has 144 valence electrons. The molecule has 0 aliphatic rings. The number of aromatic nitrogens is 2. The van der Waals surface area contributed by atoms with Gasteiger partial charge in [0.25, 0.3) is 5.91 Å². The quantitative estimate of drug-likeness (QED) is 0.609. The molecule has 0 bridgehead atoms. The number of carbonyl (C=O) groups is 1. The minimum absolute atomic E-state index is 0.312. The summed E-state index contributed by atoms with van der Waals surface area (Å²) < 4.78 is 11.1. The fourth-order valence-corrected chi connectivity index (χ4v) is 2.53. The molecule has 0 aliphatic heterocycles. The zero-order chi connectivity index (χ0) is 19.8. The van der Waals surface area contributed by atoms with Crippen molar-refractivity contribution in [3.63, 3.8) is 0 Å². The third-order valence-electron chi connectivity index (χ3n) is 3.78. The molecule has 7 heteroatoms. The van der Waals surface area contributed by atoms with Crippen molar-refractivity contribution in [2.75, 3.05) is 23.8 Å². The first-order valence-corrected chi connectivity index (χ1v) is 9.05. The monoisotopic (exact) mass is 378 g/mol. The minimum atomic E-state index is -0.312. The third kappa shape index (κ3) is 4.76. The molecule has 0 unspecified atom stereocenters. The van der Waals surface area contributed by atoms with Gasteiger partial charge in [-0.25, -0.2) is 9.97 Å². The molecule has 0 fully saturated rings. The molecule has 7 nitrogen and oxygen atoms in total. The summed E-state index contributed by atoms with van der Waals surface area (Å²) in [7, 11) is 0. The Morgan fingerprint density at radius 2 is 1.39 bits per heavy atom. The molecule has 0 saturated carbocycles. The van der Waals surface area contributed by atoms with Crippen molar-refractivity contribution in [1.29, 1.82) is 0 Å². The van der Waals surface area contributed by atoms with Gasteiger partial charge in [0.1, 0.15) is 11.5 Å². The van der Waals surface area contributed by atoms with Crippen molar-refractivity contribution in [2.45, 2.75) is 13.8 Å². The van der Waals surface area contributed by atoms with Crippen molar-refractivity contribution >= 4 is 23.2 Å². The summed E-state index contributed by atoms with van der Waals surface area (Å²) >= 11 is 0. The molecule has 1 aromatic heterocycles. The number of benzene rings is 2. The molecule has 1 amide bonds. The zero-order valence-corrected chi connectivity index (χ0v) is 15.8. The predicted octanol–water partition coefficient (Wildman–Crippen LogP) is 4.27. The largest absolute Gasteiger partial charge is 0.492 e. The van der Waals surface area contributed by atoms with E-state index in [2.05, 4.69) is 20.6 Å². The van der Waals surface area contributed by atoms with Crippen LogP contribution in [0.1, 0.15) is 24.2 Å². The lowest BCUT2D eigenvalue weighted by Gasteiger charge is -2.12. The van der Waals surface area contributed by atoms with Gasteiger partial charge in [-0.05, 0) is 38.1 Å². The molecule has 3 rings (SSSR count). The Labute approximate surface area is 163 Å². The lowest BCUT2D eigenvalue weighted by molar-refractivity contribution is 0.102. The number of para-hydroxylation sites is 4. The Morgan fingerprint density at radius 1 is 0.857 bits per heavy atom. The van der Waals surface area contributed by atoms with Crippen LogP contribution in [0.25, 0.3) is 0 Å². The molecule has 1 heterocycles. The number of nitrogens with zero attached hydrogens (tertiary/aromatic N) is 2. The number of amides is 1. The van der Waals surface area contributed by atoms with Crippen LogP contribution in [0.4, 0.5) is 17.3 Å². The average Bonchev–Trinajstić information content (AvgIpc) is 2.72. The van der Waals surface area contributed by atoms with Gasteiger partial charge in [0.15, 0.2) is 0 Å². The molecule has 2 aromatic carbocycles. The SMILES string of the molecule is CCOc1ccccc1NC(=O)c1cnc(Nc2ccccc2OCC)nc1. The van der Waals surface area contributed by atoms with E-state index in [-0.39, 0.29) is 5.91 Å². The fourth-order valence-electron chi connectivity index (χ4n) is 2.53. The van der Waals surface area contributed by atoms with Crippen molar-refractivity contribution in [2.24, 2.45) is 0 Å². The van der Waals surface area contributed by atoms with E-state index in [0.29, 0.717) is 41.9 Å². The van der Waals surface area contributed by atoms with Crippen molar-refractivity contribution in [3.8, 4) is 11.5 Å². The lowest BCUT2D eigenvalue weighted by Crippen LogP contribution is -2.14. The van der Waals surface area contributed by atoms with Crippen LogP contribution in [0.3, 0.4) is 0 Å². The predicted molar refractivity (Wildman–Crippen MR) is 108 cm³/mol. The van der Waals surface area contributed by atoms with E-state index in [0.717, 1.165) is 5.69 Å². The van der Waals surface area contributed by atoms with Crippen LogP contribution in [-0.4, -0.2) is 29.1 Å². The van der Waals surface area contributed by atoms with Crippen LogP contribution < -0.4 is 20.1 Å². The molecular formula is C21H22N4O3. The van der Waals surface area contributed by atoms with Gasteiger partial charge in [-0.15, -0.1) is 0 Å². The van der Waals surface area contributed by atoms with Gasteiger partial charge in [0.05, 0.1) is 30.2 Å². The van der Waals surface area contributed by atoms with E-state index in [1.54, 1.807) is 12.1 Å². The summed E-state index contributed by atoms with van der Waals surface area (Å²) in [5.41, 5.74) is 1.70. The van der Waals surface area contributed by atoms with Crippen molar-refractivity contribution < 1.29 is 14.3 Å². The van der Waals surface area contributed by atoms with E-state index < -0.39 is 0 Å². The van der Waals surface area contributed by atoms with E-state index >= 15 is 0 Å². The Kier molecular flexibility index (Phi) is 6.41. The number of rotatable bonds is 8. The molecule has 28 heavy (non-hydrogen) atoms.